The van der Waals surface area contributed by atoms with Gasteiger partial charge < -0.3 is 15.1 Å². The van der Waals surface area contributed by atoms with Crippen molar-refractivity contribution in [3.63, 3.8) is 0 Å². The third-order valence-corrected chi connectivity index (χ3v) is 7.51. The Morgan fingerprint density at radius 2 is 1.29 bits per heavy atom. The van der Waals surface area contributed by atoms with E-state index in [1.165, 1.54) is 53.6 Å². The number of aliphatic hydroxyl groups is 1. The molecule has 2 N–H and O–H groups in total. The van der Waals surface area contributed by atoms with Crippen LogP contribution in [0.2, 0.25) is 0 Å². The van der Waals surface area contributed by atoms with E-state index in [2.05, 4.69) is 53.4 Å². The van der Waals surface area contributed by atoms with E-state index in [4.69, 9.17) is 0 Å². The lowest BCUT2D eigenvalue weighted by Crippen LogP contribution is -2.34. The van der Waals surface area contributed by atoms with Crippen LogP contribution in [-0.2, 0) is 0 Å². The smallest absolute Gasteiger partial charge is 0.115 e. The van der Waals surface area contributed by atoms with E-state index in [1.54, 1.807) is 12.1 Å². The molecule has 3 heteroatoms. The number of allylic oxidation sites excluding steroid dienone is 1. The first kappa shape index (κ1) is 22.7. The fourth-order valence-corrected chi connectivity index (χ4v) is 5.49. The summed E-state index contributed by atoms with van der Waals surface area (Å²) in [6.07, 6.45) is 7.04. The van der Waals surface area contributed by atoms with E-state index < -0.39 is 0 Å². The third kappa shape index (κ3) is 5.20. The molecule has 3 nitrogen and oxygen atoms in total. The number of rotatable bonds is 8. The summed E-state index contributed by atoms with van der Waals surface area (Å²) < 4.78 is 0. The molecule has 0 aromatic heterocycles. The minimum Gasteiger partial charge on any atom is -0.508 e. The zero-order valence-corrected chi connectivity index (χ0v) is 19.9. The molecule has 0 unspecified atom stereocenters. The predicted molar refractivity (Wildman–Crippen MR) is 141 cm³/mol. The van der Waals surface area contributed by atoms with Gasteiger partial charge in [0.05, 0.1) is 0 Å². The average molecular weight is 454 g/mol. The Morgan fingerprint density at radius 1 is 0.706 bits per heavy atom. The van der Waals surface area contributed by atoms with Gasteiger partial charge >= 0.3 is 0 Å². The molecule has 0 spiro atoms. The van der Waals surface area contributed by atoms with Gasteiger partial charge in [0.15, 0.2) is 0 Å². The predicted octanol–water partition coefficient (Wildman–Crippen LogP) is 6.75. The van der Waals surface area contributed by atoms with Crippen molar-refractivity contribution < 1.29 is 10.2 Å². The van der Waals surface area contributed by atoms with Crippen molar-refractivity contribution in [3.8, 4) is 5.75 Å². The maximum absolute atomic E-state index is 9.89. The Bertz CT molecular complexity index is 1090. The molecule has 0 bridgehead atoms. The summed E-state index contributed by atoms with van der Waals surface area (Å²) >= 11 is 0. The van der Waals surface area contributed by atoms with Crippen LogP contribution in [0, 0.1) is 11.8 Å². The number of phenols is 1. The molecule has 0 amide bonds. The van der Waals surface area contributed by atoms with Crippen LogP contribution in [0.4, 0.5) is 5.69 Å². The first-order valence-corrected chi connectivity index (χ1v) is 12.8. The fourth-order valence-electron chi connectivity index (χ4n) is 5.49. The third-order valence-electron chi connectivity index (χ3n) is 7.51. The highest BCUT2D eigenvalue weighted by atomic mass is 16.3. The standard InChI is InChI=1S/C31H35NO2/c33-22-4-7-30(25-5-2-1-3-6-25)31(27-12-16-29(34)17-13-27)26-10-14-28(15-11-26)32-20-18-24(19-21-32)23-8-9-23/h1-3,5-6,10-17,23-24,33-34H,4,7-9,18-22H2/b31-30+. The second kappa shape index (κ2) is 10.5. The van der Waals surface area contributed by atoms with Crippen molar-refractivity contribution >= 4 is 16.8 Å². The number of aromatic hydroxyl groups is 1. The topological polar surface area (TPSA) is 43.7 Å². The number of anilines is 1. The Hall–Kier alpha value is -3.04. The minimum absolute atomic E-state index is 0.162. The van der Waals surface area contributed by atoms with Gasteiger partial charge in [-0.25, -0.2) is 0 Å². The maximum atomic E-state index is 9.89. The van der Waals surface area contributed by atoms with Crippen LogP contribution in [0.3, 0.4) is 0 Å². The van der Waals surface area contributed by atoms with Crippen LogP contribution < -0.4 is 4.90 Å². The molecular weight excluding hydrogens is 418 g/mol. The van der Waals surface area contributed by atoms with E-state index in [-0.39, 0.29) is 12.4 Å². The summed E-state index contributed by atoms with van der Waals surface area (Å²) in [7, 11) is 0. The van der Waals surface area contributed by atoms with Crippen molar-refractivity contribution in [3.05, 3.63) is 95.6 Å². The molecule has 1 saturated heterocycles. The van der Waals surface area contributed by atoms with Crippen molar-refractivity contribution in [1.29, 1.82) is 0 Å². The number of hydrogen-bond donors (Lipinski definition) is 2. The summed E-state index contributed by atoms with van der Waals surface area (Å²) in [5, 5.41) is 19.5. The summed E-state index contributed by atoms with van der Waals surface area (Å²) in [6.45, 7) is 2.48. The molecule has 2 fully saturated rings. The zero-order valence-electron chi connectivity index (χ0n) is 19.9. The molecule has 34 heavy (non-hydrogen) atoms. The van der Waals surface area contributed by atoms with Crippen LogP contribution in [0.5, 0.6) is 5.75 Å². The number of hydrogen-bond acceptors (Lipinski definition) is 3. The molecule has 176 valence electrons. The van der Waals surface area contributed by atoms with E-state index in [9.17, 15) is 10.2 Å². The molecule has 0 radical (unpaired) electrons. The summed E-state index contributed by atoms with van der Waals surface area (Å²) in [5.74, 6) is 2.22. The summed E-state index contributed by atoms with van der Waals surface area (Å²) in [5.41, 5.74) is 7.11. The van der Waals surface area contributed by atoms with Crippen LogP contribution >= 0.6 is 0 Å². The van der Waals surface area contributed by atoms with Crippen molar-refractivity contribution in [2.45, 2.75) is 38.5 Å². The highest BCUT2D eigenvalue weighted by molar-refractivity contribution is 5.98. The number of nitrogens with zero attached hydrogens (tertiary/aromatic N) is 1. The van der Waals surface area contributed by atoms with Gasteiger partial charge in [-0.3, -0.25) is 0 Å². The van der Waals surface area contributed by atoms with Crippen molar-refractivity contribution in [2.24, 2.45) is 11.8 Å². The lowest BCUT2D eigenvalue weighted by Gasteiger charge is -2.34. The van der Waals surface area contributed by atoms with Crippen LogP contribution in [-0.4, -0.2) is 29.9 Å². The molecule has 5 rings (SSSR count). The van der Waals surface area contributed by atoms with Crippen LogP contribution in [0.1, 0.15) is 55.2 Å². The molecule has 1 saturated carbocycles. The first-order chi connectivity index (χ1) is 16.7. The second-order valence-corrected chi connectivity index (χ2v) is 9.80. The Balaban J connectivity index is 1.49. The number of phenolic OH excluding ortho intramolecular Hbond substituents is 1. The van der Waals surface area contributed by atoms with Gasteiger partial charge in [0.2, 0.25) is 0 Å². The Labute approximate surface area is 203 Å². The van der Waals surface area contributed by atoms with Crippen molar-refractivity contribution in [1.82, 2.24) is 0 Å². The average Bonchev–Trinajstić information content (AvgIpc) is 3.74. The van der Waals surface area contributed by atoms with Gasteiger partial charge in [0, 0.05) is 25.4 Å². The van der Waals surface area contributed by atoms with Gasteiger partial charge in [0.1, 0.15) is 5.75 Å². The molecule has 2 aliphatic rings. The van der Waals surface area contributed by atoms with Gasteiger partial charge in [-0.2, -0.15) is 0 Å². The van der Waals surface area contributed by atoms with Crippen LogP contribution in [0.25, 0.3) is 11.1 Å². The molecule has 1 heterocycles. The summed E-state index contributed by atoms with van der Waals surface area (Å²) in [4.78, 5) is 2.54. The van der Waals surface area contributed by atoms with Crippen LogP contribution in [0.15, 0.2) is 78.9 Å². The van der Waals surface area contributed by atoms with E-state index in [0.717, 1.165) is 36.9 Å². The molecule has 3 aromatic rings. The van der Waals surface area contributed by atoms with Gasteiger partial charge in [-0.05, 0) is 102 Å². The first-order valence-electron chi connectivity index (χ1n) is 12.8. The number of aliphatic hydroxyl groups excluding tert-OH is 1. The second-order valence-electron chi connectivity index (χ2n) is 9.80. The van der Waals surface area contributed by atoms with Gasteiger partial charge in [-0.15, -0.1) is 0 Å². The number of piperidine rings is 1. The van der Waals surface area contributed by atoms with Crippen molar-refractivity contribution in [2.75, 3.05) is 24.6 Å². The normalized spacial score (nSPS) is 17.5. The summed E-state index contributed by atoms with van der Waals surface area (Å²) in [6, 6.07) is 27.0. The lowest BCUT2D eigenvalue weighted by atomic mass is 9.87. The zero-order chi connectivity index (χ0) is 23.3. The van der Waals surface area contributed by atoms with Gasteiger partial charge in [-0.1, -0.05) is 54.6 Å². The fraction of sp³-hybridized carbons (Fsp3) is 0.355. The Kier molecular flexibility index (Phi) is 7.01. The van der Waals surface area contributed by atoms with Gasteiger partial charge in [0.25, 0.3) is 0 Å². The molecule has 1 aliphatic carbocycles. The largest absolute Gasteiger partial charge is 0.508 e. The molecule has 1 aliphatic heterocycles. The van der Waals surface area contributed by atoms with E-state index in [0.29, 0.717) is 6.42 Å². The van der Waals surface area contributed by atoms with E-state index in [1.807, 2.05) is 18.2 Å². The highest BCUT2D eigenvalue weighted by Gasteiger charge is 2.33. The SMILES string of the molecule is OCCC/C(=C(\c1ccc(O)cc1)c1ccc(N2CCC(C3CC3)CC2)cc1)c1ccccc1. The minimum atomic E-state index is 0.162. The highest BCUT2D eigenvalue weighted by Crippen LogP contribution is 2.42. The van der Waals surface area contributed by atoms with E-state index >= 15 is 0 Å². The number of benzene rings is 3. The molecular formula is C31H35NO2. The molecule has 3 aromatic carbocycles. The Morgan fingerprint density at radius 3 is 1.88 bits per heavy atom. The monoisotopic (exact) mass is 453 g/mol. The lowest BCUT2D eigenvalue weighted by molar-refractivity contribution is 0.290. The maximum Gasteiger partial charge on any atom is 0.115 e. The quantitative estimate of drug-likeness (QED) is 0.371. The molecule has 0 atom stereocenters.